The van der Waals surface area contributed by atoms with Crippen LogP contribution in [0.3, 0.4) is 0 Å². The largest absolute Gasteiger partial charge is 0.361 e. The van der Waals surface area contributed by atoms with Crippen molar-refractivity contribution in [2.24, 2.45) is 10.2 Å². The fourth-order valence-electron chi connectivity index (χ4n) is 1.40. The molecule has 6 nitrogen and oxygen atoms in total. The van der Waals surface area contributed by atoms with E-state index in [1.165, 1.54) is 48.8 Å². The van der Waals surface area contributed by atoms with Crippen molar-refractivity contribution < 1.29 is 9.59 Å². The highest BCUT2D eigenvalue weighted by Crippen LogP contribution is 2.11. The smallest absolute Gasteiger partial charge is 0.328 e. The van der Waals surface area contributed by atoms with E-state index >= 15 is 0 Å². The number of halogens is 1. The van der Waals surface area contributed by atoms with Gasteiger partial charge in [0.05, 0.1) is 0 Å². The maximum Gasteiger partial charge on any atom is 0.361 e. The standard InChI is InChI=1S/C10H8.C6H12N4O2.ClH/c1-2-6-10-8-4-3-7-9(10)5-1;1-9(2)5(11)7-8-6(12)10(3)4;/h1-8H;1-4H3;1H. The van der Waals surface area contributed by atoms with Crippen molar-refractivity contribution in [2.75, 3.05) is 28.2 Å². The SMILES string of the molecule is CN(C)C(=O)N=NC(=O)N(C)C.Cl.c1ccc2ccccc2c1. The Kier molecular flexibility index (Phi) is 9.18. The first kappa shape index (κ1) is 20.5. The number of fused-ring (bicyclic) bond motifs is 1. The van der Waals surface area contributed by atoms with Crippen LogP contribution in [0.2, 0.25) is 0 Å². The molecule has 124 valence electrons. The number of hydrogen-bond acceptors (Lipinski definition) is 2. The van der Waals surface area contributed by atoms with Crippen molar-refractivity contribution in [3.8, 4) is 0 Å². The number of carbonyl (C=O) groups excluding carboxylic acids is 2. The van der Waals surface area contributed by atoms with E-state index in [4.69, 9.17) is 0 Å². The van der Waals surface area contributed by atoms with Crippen LogP contribution in [0, 0.1) is 0 Å². The molecule has 0 fully saturated rings. The number of rotatable bonds is 0. The summed E-state index contributed by atoms with van der Waals surface area (Å²) in [7, 11) is 6.12. The van der Waals surface area contributed by atoms with Crippen molar-refractivity contribution in [3.05, 3.63) is 48.5 Å². The van der Waals surface area contributed by atoms with Crippen molar-refractivity contribution in [3.63, 3.8) is 0 Å². The molecule has 0 heterocycles. The van der Waals surface area contributed by atoms with Crippen LogP contribution in [-0.4, -0.2) is 50.1 Å². The Bertz CT molecular complexity index is 584. The highest BCUT2D eigenvalue weighted by Gasteiger charge is 2.03. The maximum absolute atomic E-state index is 10.8. The first-order valence-corrected chi connectivity index (χ1v) is 6.70. The Hall–Kier alpha value is -2.47. The van der Waals surface area contributed by atoms with Gasteiger partial charge in [0.2, 0.25) is 0 Å². The first-order valence-electron chi connectivity index (χ1n) is 6.70. The molecule has 4 amide bonds. The number of benzene rings is 2. The first-order chi connectivity index (χ1) is 10.4. The third-order valence-electron chi connectivity index (χ3n) is 2.64. The third kappa shape index (κ3) is 7.37. The molecule has 0 bridgehead atoms. The predicted molar refractivity (Wildman–Crippen MR) is 94.2 cm³/mol. The van der Waals surface area contributed by atoms with Gasteiger partial charge in [-0.3, -0.25) is 0 Å². The van der Waals surface area contributed by atoms with Crippen LogP contribution in [0.25, 0.3) is 10.8 Å². The van der Waals surface area contributed by atoms with Crippen molar-refractivity contribution in [2.45, 2.75) is 0 Å². The van der Waals surface area contributed by atoms with Crippen LogP contribution in [-0.2, 0) is 0 Å². The maximum atomic E-state index is 10.8. The summed E-state index contributed by atoms with van der Waals surface area (Å²) in [6.45, 7) is 0. The summed E-state index contributed by atoms with van der Waals surface area (Å²) in [5.41, 5.74) is 0. The molecule has 7 heteroatoms. The average Bonchev–Trinajstić information content (AvgIpc) is 2.52. The lowest BCUT2D eigenvalue weighted by Crippen LogP contribution is -2.20. The Labute approximate surface area is 142 Å². The minimum absolute atomic E-state index is 0. The quantitative estimate of drug-likeness (QED) is 0.681. The van der Waals surface area contributed by atoms with Crippen molar-refractivity contribution >= 4 is 35.2 Å². The van der Waals surface area contributed by atoms with Gasteiger partial charge in [-0.2, -0.15) is 0 Å². The van der Waals surface area contributed by atoms with Gasteiger partial charge >= 0.3 is 12.1 Å². The molecule has 0 aliphatic rings. The van der Waals surface area contributed by atoms with E-state index in [2.05, 4.69) is 58.8 Å². The van der Waals surface area contributed by atoms with Gasteiger partial charge < -0.3 is 9.80 Å². The van der Waals surface area contributed by atoms with Crippen LogP contribution in [0.15, 0.2) is 58.8 Å². The highest BCUT2D eigenvalue weighted by atomic mass is 35.5. The van der Waals surface area contributed by atoms with E-state index in [-0.39, 0.29) is 12.4 Å². The zero-order valence-corrected chi connectivity index (χ0v) is 14.4. The second kappa shape index (κ2) is 10.3. The summed E-state index contributed by atoms with van der Waals surface area (Å²) < 4.78 is 0. The third-order valence-corrected chi connectivity index (χ3v) is 2.64. The van der Waals surface area contributed by atoms with E-state index in [1.807, 2.05) is 0 Å². The van der Waals surface area contributed by atoms with E-state index in [0.717, 1.165) is 0 Å². The Morgan fingerprint density at radius 1 is 0.696 bits per heavy atom. The lowest BCUT2D eigenvalue weighted by molar-refractivity contribution is 0.218. The van der Waals surface area contributed by atoms with E-state index in [1.54, 1.807) is 0 Å². The van der Waals surface area contributed by atoms with Crippen LogP contribution in [0.4, 0.5) is 9.59 Å². The lowest BCUT2D eigenvalue weighted by atomic mass is 10.1. The zero-order valence-electron chi connectivity index (χ0n) is 13.6. The number of carbonyl (C=O) groups is 2. The van der Waals surface area contributed by atoms with Crippen LogP contribution < -0.4 is 0 Å². The van der Waals surface area contributed by atoms with Gasteiger partial charge in [0.1, 0.15) is 0 Å². The van der Waals surface area contributed by atoms with Gasteiger partial charge in [-0.25, -0.2) is 9.59 Å². The summed E-state index contributed by atoms with van der Waals surface area (Å²) in [6.07, 6.45) is 0. The molecule has 0 spiro atoms. The van der Waals surface area contributed by atoms with Gasteiger partial charge in [-0.05, 0) is 10.8 Å². The van der Waals surface area contributed by atoms with Crippen LogP contribution >= 0.6 is 12.4 Å². The molecule has 0 radical (unpaired) electrons. The average molecular weight is 337 g/mol. The molecule has 0 atom stereocenters. The van der Waals surface area contributed by atoms with E-state index in [9.17, 15) is 9.59 Å². The molecule has 0 aromatic heterocycles. The van der Waals surface area contributed by atoms with Crippen LogP contribution in [0.1, 0.15) is 0 Å². The van der Waals surface area contributed by atoms with Gasteiger partial charge in [0.15, 0.2) is 0 Å². The van der Waals surface area contributed by atoms with E-state index < -0.39 is 12.1 Å². The molecule has 2 rings (SSSR count). The Morgan fingerprint density at radius 2 is 0.957 bits per heavy atom. The minimum atomic E-state index is -0.551. The number of urea groups is 2. The molecule has 0 aliphatic carbocycles. The summed E-state index contributed by atoms with van der Waals surface area (Å²) >= 11 is 0. The summed E-state index contributed by atoms with van der Waals surface area (Å²) in [4.78, 5) is 24.0. The van der Waals surface area contributed by atoms with E-state index in [0.29, 0.717) is 0 Å². The molecule has 0 saturated carbocycles. The van der Waals surface area contributed by atoms with Gasteiger partial charge in [0.25, 0.3) is 0 Å². The molecule has 2 aromatic carbocycles. The minimum Gasteiger partial charge on any atom is -0.328 e. The molecule has 0 saturated heterocycles. The fourth-order valence-corrected chi connectivity index (χ4v) is 1.40. The molecular formula is C16H21ClN4O2. The number of azo groups is 1. The van der Waals surface area contributed by atoms with Crippen LogP contribution in [0.5, 0.6) is 0 Å². The lowest BCUT2D eigenvalue weighted by Gasteiger charge is -2.05. The molecule has 2 aromatic rings. The molecule has 0 unspecified atom stereocenters. The highest BCUT2D eigenvalue weighted by molar-refractivity contribution is 5.85. The monoisotopic (exact) mass is 336 g/mol. The zero-order chi connectivity index (χ0) is 16.5. The normalized spacial score (nSPS) is 9.57. The number of amides is 4. The molecular weight excluding hydrogens is 316 g/mol. The van der Waals surface area contributed by atoms with Gasteiger partial charge in [-0.15, -0.1) is 12.4 Å². The molecule has 0 aliphatic heterocycles. The molecule has 0 N–H and O–H groups in total. The Morgan fingerprint density at radius 3 is 1.17 bits per heavy atom. The Balaban J connectivity index is 0.000000406. The van der Waals surface area contributed by atoms with Crippen molar-refractivity contribution in [1.82, 2.24) is 9.80 Å². The van der Waals surface area contributed by atoms with Crippen molar-refractivity contribution in [1.29, 1.82) is 0 Å². The topological polar surface area (TPSA) is 65.3 Å². The number of nitrogens with zero attached hydrogens (tertiary/aromatic N) is 4. The molecule has 23 heavy (non-hydrogen) atoms. The number of hydrogen-bond donors (Lipinski definition) is 0. The predicted octanol–water partition coefficient (Wildman–Crippen LogP) is 4.06. The second-order valence-corrected chi connectivity index (χ2v) is 4.90. The summed E-state index contributed by atoms with van der Waals surface area (Å²) in [5.74, 6) is 0. The van der Waals surface area contributed by atoms with Gasteiger partial charge in [-0.1, -0.05) is 58.8 Å². The fraction of sp³-hybridized carbons (Fsp3) is 0.250. The summed E-state index contributed by atoms with van der Waals surface area (Å²) in [6, 6.07) is 15.6. The second-order valence-electron chi connectivity index (χ2n) is 4.90. The summed E-state index contributed by atoms with van der Waals surface area (Å²) in [5, 5.41) is 8.95. The van der Waals surface area contributed by atoms with Gasteiger partial charge in [0, 0.05) is 28.2 Å².